The molecule has 1 aromatic heterocycles. The maximum atomic E-state index is 8.93. The highest BCUT2D eigenvalue weighted by Gasteiger charge is 2.14. The van der Waals surface area contributed by atoms with Crippen LogP contribution in [0.25, 0.3) is 5.76 Å². The molecule has 0 N–H and O–H groups in total. The molecule has 0 aliphatic carbocycles. The Kier molecular flexibility index (Phi) is 5.98. The second-order valence-electron chi connectivity index (χ2n) is 5.74. The molecule has 0 bridgehead atoms. The first kappa shape index (κ1) is 16.5. The fourth-order valence-corrected chi connectivity index (χ4v) is 2.33. The normalized spacial score (nSPS) is 11.2. The summed E-state index contributed by atoms with van der Waals surface area (Å²) < 4.78 is 12.8. The summed E-state index contributed by atoms with van der Waals surface area (Å²) >= 11 is 0. The predicted octanol–water partition coefficient (Wildman–Crippen LogP) is 3.07. The van der Waals surface area contributed by atoms with Crippen molar-refractivity contribution in [2.45, 2.75) is 39.3 Å². The van der Waals surface area contributed by atoms with E-state index in [1.807, 2.05) is 13.0 Å². The zero-order valence-corrected chi connectivity index (χ0v) is 13.8. The Morgan fingerprint density at radius 2 is 2.20 bits per heavy atom. The lowest BCUT2D eigenvalue weighted by Crippen LogP contribution is -2.22. The van der Waals surface area contributed by atoms with Gasteiger partial charge in [0.25, 0.3) is 0 Å². The van der Waals surface area contributed by atoms with Gasteiger partial charge in [-0.1, -0.05) is 26.2 Å². The van der Waals surface area contributed by atoms with Crippen LogP contribution in [0.5, 0.6) is 0 Å². The lowest BCUT2D eigenvalue weighted by Gasteiger charge is -2.16. The van der Waals surface area contributed by atoms with Gasteiger partial charge in [0.05, 0.1) is 6.61 Å². The van der Waals surface area contributed by atoms with Crippen LogP contribution in [-0.4, -0.2) is 30.8 Å². The minimum Gasteiger partial charge on any atom is -0.491 e. The van der Waals surface area contributed by atoms with Crippen LogP contribution in [0.2, 0.25) is 25.7 Å². The summed E-state index contributed by atoms with van der Waals surface area (Å²) in [6.45, 7) is 14.2. The van der Waals surface area contributed by atoms with E-state index in [1.165, 1.54) is 0 Å². The standard InChI is InChI=1S/C14H23N3O2Si/c1-6-19-12(2)14-16-13(9-15)10-17(14)11-18-7-8-20(3,4)5/h10H,2,6-8,11H2,1,3-5H3. The third-order valence-electron chi connectivity index (χ3n) is 2.69. The smallest absolute Gasteiger partial charge is 0.178 e. The van der Waals surface area contributed by atoms with Crippen LogP contribution in [-0.2, 0) is 16.2 Å². The van der Waals surface area contributed by atoms with Gasteiger partial charge in [-0.25, -0.2) is 4.98 Å². The number of aromatic nitrogens is 2. The summed E-state index contributed by atoms with van der Waals surface area (Å²) in [6.07, 6.45) is 1.66. The van der Waals surface area contributed by atoms with Gasteiger partial charge in [-0.3, -0.25) is 0 Å². The van der Waals surface area contributed by atoms with Gasteiger partial charge in [0, 0.05) is 20.9 Å². The number of rotatable bonds is 8. The zero-order chi connectivity index (χ0) is 15.2. The molecule has 0 radical (unpaired) electrons. The van der Waals surface area contributed by atoms with Crippen LogP contribution in [0.1, 0.15) is 18.4 Å². The maximum Gasteiger partial charge on any atom is 0.178 e. The van der Waals surface area contributed by atoms with Crippen LogP contribution < -0.4 is 0 Å². The summed E-state index contributed by atoms with van der Waals surface area (Å²) in [4.78, 5) is 4.18. The van der Waals surface area contributed by atoms with E-state index in [9.17, 15) is 0 Å². The molecule has 0 unspecified atom stereocenters. The number of ether oxygens (including phenoxy) is 2. The van der Waals surface area contributed by atoms with E-state index in [4.69, 9.17) is 14.7 Å². The number of hydrogen-bond donors (Lipinski definition) is 0. The van der Waals surface area contributed by atoms with E-state index in [0.717, 1.165) is 12.7 Å². The quantitative estimate of drug-likeness (QED) is 0.420. The number of nitrogens with zero attached hydrogens (tertiary/aromatic N) is 3. The van der Waals surface area contributed by atoms with E-state index < -0.39 is 8.07 Å². The van der Waals surface area contributed by atoms with Crippen molar-refractivity contribution in [2.24, 2.45) is 0 Å². The van der Waals surface area contributed by atoms with E-state index >= 15 is 0 Å². The molecule has 0 fully saturated rings. The predicted molar refractivity (Wildman–Crippen MR) is 81.7 cm³/mol. The molecule has 0 saturated carbocycles. The van der Waals surface area contributed by atoms with E-state index in [-0.39, 0.29) is 0 Å². The Bertz CT molecular complexity index is 497. The Morgan fingerprint density at radius 3 is 2.75 bits per heavy atom. The fraction of sp³-hybridized carbons (Fsp3) is 0.571. The molecule has 20 heavy (non-hydrogen) atoms. The van der Waals surface area contributed by atoms with Gasteiger partial charge in [-0.2, -0.15) is 5.26 Å². The van der Waals surface area contributed by atoms with Crippen molar-refractivity contribution in [1.29, 1.82) is 5.26 Å². The van der Waals surface area contributed by atoms with Crippen LogP contribution in [0.3, 0.4) is 0 Å². The summed E-state index contributed by atoms with van der Waals surface area (Å²) in [6, 6.07) is 3.13. The highest BCUT2D eigenvalue weighted by atomic mass is 28.3. The molecule has 0 aromatic carbocycles. The Hall–Kier alpha value is -1.58. The minimum atomic E-state index is -1.09. The molecule has 0 amide bonds. The van der Waals surface area contributed by atoms with Crippen LogP contribution >= 0.6 is 0 Å². The molecular weight excluding hydrogens is 270 g/mol. The molecule has 1 rings (SSSR count). The van der Waals surface area contributed by atoms with Crippen molar-refractivity contribution in [3.8, 4) is 6.07 Å². The average Bonchev–Trinajstić information content (AvgIpc) is 2.77. The molecule has 0 atom stereocenters. The molecular formula is C14H23N3O2Si. The second-order valence-corrected chi connectivity index (χ2v) is 11.4. The third-order valence-corrected chi connectivity index (χ3v) is 4.39. The molecule has 6 heteroatoms. The van der Waals surface area contributed by atoms with Gasteiger partial charge in [0.15, 0.2) is 17.3 Å². The summed E-state index contributed by atoms with van der Waals surface area (Å²) in [5.74, 6) is 1.01. The van der Waals surface area contributed by atoms with Gasteiger partial charge in [0.2, 0.25) is 0 Å². The number of hydrogen-bond acceptors (Lipinski definition) is 4. The molecule has 5 nitrogen and oxygen atoms in total. The van der Waals surface area contributed by atoms with Crippen LogP contribution in [0.15, 0.2) is 12.8 Å². The van der Waals surface area contributed by atoms with Crippen molar-refractivity contribution < 1.29 is 9.47 Å². The van der Waals surface area contributed by atoms with Gasteiger partial charge in [-0.05, 0) is 13.0 Å². The topological polar surface area (TPSA) is 60.1 Å². The van der Waals surface area contributed by atoms with Crippen molar-refractivity contribution in [2.75, 3.05) is 13.2 Å². The fourth-order valence-electron chi connectivity index (χ4n) is 1.57. The van der Waals surface area contributed by atoms with Gasteiger partial charge >= 0.3 is 0 Å². The first-order chi connectivity index (χ1) is 9.37. The first-order valence-corrected chi connectivity index (χ1v) is 10.4. The molecule has 1 aromatic rings. The molecule has 0 aliphatic rings. The van der Waals surface area contributed by atoms with Crippen LogP contribution in [0.4, 0.5) is 0 Å². The van der Waals surface area contributed by atoms with E-state index in [0.29, 0.717) is 30.6 Å². The first-order valence-electron chi connectivity index (χ1n) is 6.74. The lowest BCUT2D eigenvalue weighted by molar-refractivity contribution is 0.0856. The SMILES string of the molecule is C=C(OCC)c1nc(C#N)cn1COCC[Si](C)(C)C. The average molecular weight is 293 g/mol. The Morgan fingerprint density at radius 1 is 1.50 bits per heavy atom. The van der Waals surface area contributed by atoms with E-state index in [2.05, 4.69) is 31.2 Å². The monoisotopic (exact) mass is 293 g/mol. The van der Waals surface area contributed by atoms with Crippen LogP contribution in [0, 0.1) is 11.3 Å². The third kappa shape index (κ3) is 5.19. The largest absolute Gasteiger partial charge is 0.491 e. The Labute approximate surface area is 121 Å². The molecule has 0 aliphatic heterocycles. The number of nitriles is 1. The van der Waals surface area contributed by atoms with E-state index in [1.54, 1.807) is 10.8 Å². The van der Waals surface area contributed by atoms with Gasteiger partial charge < -0.3 is 14.0 Å². The summed E-state index contributed by atoms with van der Waals surface area (Å²) in [5.41, 5.74) is 0.342. The Balaban J connectivity index is 2.66. The highest BCUT2D eigenvalue weighted by Crippen LogP contribution is 2.14. The highest BCUT2D eigenvalue weighted by molar-refractivity contribution is 6.76. The maximum absolute atomic E-state index is 8.93. The lowest BCUT2D eigenvalue weighted by atomic mass is 10.5. The van der Waals surface area contributed by atoms with Crippen molar-refractivity contribution in [3.63, 3.8) is 0 Å². The van der Waals surface area contributed by atoms with Crippen molar-refractivity contribution >= 4 is 13.8 Å². The second kappa shape index (κ2) is 7.27. The van der Waals surface area contributed by atoms with Gasteiger partial charge in [-0.15, -0.1) is 0 Å². The minimum absolute atomic E-state index is 0.342. The molecule has 0 spiro atoms. The molecule has 110 valence electrons. The molecule has 0 saturated heterocycles. The van der Waals surface area contributed by atoms with Crippen molar-refractivity contribution in [1.82, 2.24) is 9.55 Å². The summed E-state index contributed by atoms with van der Waals surface area (Å²) in [5, 5.41) is 8.93. The van der Waals surface area contributed by atoms with Crippen molar-refractivity contribution in [3.05, 3.63) is 24.3 Å². The van der Waals surface area contributed by atoms with Gasteiger partial charge in [0.1, 0.15) is 12.8 Å². The number of imidazole rings is 1. The summed E-state index contributed by atoms with van der Waals surface area (Å²) in [7, 11) is -1.09. The molecule has 1 heterocycles. The zero-order valence-electron chi connectivity index (χ0n) is 12.8.